The maximum atomic E-state index is 5.57. The predicted molar refractivity (Wildman–Crippen MR) is 89.7 cm³/mol. The van der Waals surface area contributed by atoms with Gasteiger partial charge in [-0.15, -0.1) is 0 Å². The lowest BCUT2D eigenvalue weighted by Gasteiger charge is -2.28. The summed E-state index contributed by atoms with van der Waals surface area (Å²) >= 11 is 0. The Morgan fingerprint density at radius 3 is 2.91 bits per heavy atom. The average Bonchev–Trinajstić information content (AvgIpc) is 3.14. The number of piperazine rings is 1. The molecule has 2 saturated heterocycles. The van der Waals surface area contributed by atoms with Crippen LogP contribution in [0.5, 0.6) is 0 Å². The number of hydrogen-bond acceptors (Lipinski definition) is 5. The molecule has 0 radical (unpaired) electrons. The fourth-order valence-electron chi connectivity index (χ4n) is 3.30. The van der Waals surface area contributed by atoms with Gasteiger partial charge in [-0.3, -0.25) is 5.10 Å². The van der Waals surface area contributed by atoms with Crippen molar-refractivity contribution >= 4 is 5.82 Å². The molecule has 4 heterocycles. The highest BCUT2D eigenvalue weighted by atomic mass is 16.5. The van der Waals surface area contributed by atoms with Crippen LogP contribution in [0.1, 0.15) is 24.5 Å². The van der Waals surface area contributed by atoms with Crippen LogP contribution in [-0.4, -0.2) is 54.6 Å². The summed E-state index contributed by atoms with van der Waals surface area (Å²) in [6.07, 6.45) is 2.28. The summed E-state index contributed by atoms with van der Waals surface area (Å²) in [7, 11) is 0. The molecule has 0 bridgehead atoms. The van der Waals surface area contributed by atoms with Gasteiger partial charge in [0.05, 0.1) is 12.3 Å². The van der Waals surface area contributed by atoms with Crippen LogP contribution in [0.4, 0.5) is 5.82 Å². The largest absolute Gasteiger partial charge is 0.381 e. The Kier molecular flexibility index (Phi) is 4.26. The molecule has 4 rings (SSSR count). The van der Waals surface area contributed by atoms with E-state index in [2.05, 4.69) is 38.6 Å². The normalized spacial score (nSPS) is 22.3. The van der Waals surface area contributed by atoms with Crippen molar-refractivity contribution in [3.8, 4) is 11.4 Å². The molecule has 6 heteroatoms. The molecule has 1 atom stereocenters. The second-order valence-corrected chi connectivity index (χ2v) is 6.24. The summed E-state index contributed by atoms with van der Waals surface area (Å²) < 4.78 is 5.57. The lowest BCUT2D eigenvalue weighted by atomic mass is 9.98. The van der Waals surface area contributed by atoms with Crippen LogP contribution in [-0.2, 0) is 4.74 Å². The molecule has 1 unspecified atom stereocenters. The molecular weight excluding hydrogens is 290 g/mol. The van der Waals surface area contributed by atoms with Crippen molar-refractivity contribution in [1.82, 2.24) is 20.5 Å². The lowest BCUT2D eigenvalue weighted by molar-refractivity contribution is 0.0793. The van der Waals surface area contributed by atoms with Crippen molar-refractivity contribution < 1.29 is 4.74 Å². The van der Waals surface area contributed by atoms with Crippen LogP contribution >= 0.6 is 0 Å². The lowest BCUT2D eigenvalue weighted by Crippen LogP contribution is -2.43. The molecule has 122 valence electrons. The van der Waals surface area contributed by atoms with Crippen molar-refractivity contribution in [1.29, 1.82) is 0 Å². The standard InChI is InChI=1S/C17H23N5O/c1-4-14(19-17(5-1)22-8-6-18-7-9-22)16-11-15(20-21-16)13-3-2-10-23-12-13/h1,4-5,11,13,18H,2-3,6-10,12H2,(H,20,21). The minimum atomic E-state index is 0.432. The Morgan fingerprint density at radius 2 is 2.09 bits per heavy atom. The van der Waals surface area contributed by atoms with E-state index in [0.717, 1.165) is 75.1 Å². The first-order valence-corrected chi connectivity index (χ1v) is 8.46. The quantitative estimate of drug-likeness (QED) is 0.904. The molecule has 2 aromatic rings. The summed E-state index contributed by atoms with van der Waals surface area (Å²) in [6.45, 7) is 5.70. The van der Waals surface area contributed by atoms with E-state index in [1.807, 2.05) is 6.07 Å². The fraction of sp³-hybridized carbons (Fsp3) is 0.529. The molecule has 0 amide bonds. The predicted octanol–water partition coefficient (Wildman–Crippen LogP) is 1.78. The van der Waals surface area contributed by atoms with Crippen molar-refractivity contribution in [2.45, 2.75) is 18.8 Å². The average molecular weight is 313 g/mol. The van der Waals surface area contributed by atoms with E-state index >= 15 is 0 Å². The van der Waals surface area contributed by atoms with Gasteiger partial charge < -0.3 is 15.0 Å². The van der Waals surface area contributed by atoms with Crippen LogP contribution in [0, 0.1) is 0 Å². The number of nitrogens with one attached hydrogen (secondary N) is 2. The van der Waals surface area contributed by atoms with Crippen molar-refractivity contribution in [3.05, 3.63) is 30.0 Å². The first-order chi connectivity index (χ1) is 11.4. The van der Waals surface area contributed by atoms with E-state index in [9.17, 15) is 0 Å². The van der Waals surface area contributed by atoms with Gasteiger partial charge in [-0.2, -0.15) is 5.10 Å². The molecule has 2 aliphatic heterocycles. The van der Waals surface area contributed by atoms with Gasteiger partial charge in [0, 0.05) is 44.4 Å². The van der Waals surface area contributed by atoms with Crippen molar-refractivity contribution in [3.63, 3.8) is 0 Å². The molecule has 23 heavy (non-hydrogen) atoms. The first-order valence-electron chi connectivity index (χ1n) is 8.46. The zero-order valence-electron chi connectivity index (χ0n) is 13.3. The molecule has 0 aromatic carbocycles. The Balaban J connectivity index is 1.54. The van der Waals surface area contributed by atoms with Crippen LogP contribution in [0.25, 0.3) is 11.4 Å². The monoisotopic (exact) mass is 313 g/mol. The zero-order chi connectivity index (χ0) is 15.5. The maximum Gasteiger partial charge on any atom is 0.129 e. The summed E-state index contributed by atoms with van der Waals surface area (Å²) in [4.78, 5) is 7.13. The van der Waals surface area contributed by atoms with Gasteiger partial charge >= 0.3 is 0 Å². The molecule has 2 fully saturated rings. The van der Waals surface area contributed by atoms with E-state index < -0.39 is 0 Å². The number of hydrogen-bond donors (Lipinski definition) is 2. The van der Waals surface area contributed by atoms with Crippen molar-refractivity contribution in [2.75, 3.05) is 44.3 Å². The molecule has 6 nitrogen and oxygen atoms in total. The minimum absolute atomic E-state index is 0.432. The smallest absolute Gasteiger partial charge is 0.129 e. The van der Waals surface area contributed by atoms with Gasteiger partial charge in [0.1, 0.15) is 11.5 Å². The number of aromatic amines is 1. The topological polar surface area (TPSA) is 66.1 Å². The van der Waals surface area contributed by atoms with Crippen molar-refractivity contribution in [2.24, 2.45) is 0 Å². The van der Waals surface area contributed by atoms with E-state index in [0.29, 0.717) is 5.92 Å². The Bertz CT molecular complexity index is 644. The third-order valence-corrected chi connectivity index (χ3v) is 4.64. The molecule has 2 aromatic heterocycles. The third-order valence-electron chi connectivity index (χ3n) is 4.64. The summed E-state index contributed by atoms with van der Waals surface area (Å²) in [6, 6.07) is 8.31. The third kappa shape index (κ3) is 3.23. The molecule has 0 aliphatic carbocycles. The highest BCUT2D eigenvalue weighted by molar-refractivity contribution is 5.58. The van der Waals surface area contributed by atoms with Gasteiger partial charge in [0.15, 0.2) is 0 Å². The summed E-state index contributed by atoms with van der Waals surface area (Å²) in [5.41, 5.74) is 3.01. The number of rotatable bonds is 3. The first kappa shape index (κ1) is 14.7. The number of aromatic nitrogens is 3. The zero-order valence-corrected chi connectivity index (χ0v) is 13.3. The number of nitrogens with zero attached hydrogens (tertiary/aromatic N) is 3. The number of ether oxygens (including phenoxy) is 1. The molecule has 0 saturated carbocycles. The second kappa shape index (κ2) is 6.68. The van der Waals surface area contributed by atoms with Crippen LogP contribution in [0.2, 0.25) is 0 Å². The Labute approximate surface area is 136 Å². The Morgan fingerprint density at radius 1 is 1.17 bits per heavy atom. The van der Waals surface area contributed by atoms with E-state index in [1.165, 1.54) is 0 Å². The summed E-state index contributed by atoms with van der Waals surface area (Å²) in [5.74, 6) is 1.47. The van der Waals surface area contributed by atoms with Gasteiger partial charge in [0.25, 0.3) is 0 Å². The van der Waals surface area contributed by atoms with Crippen LogP contribution in [0.15, 0.2) is 24.3 Å². The molecular formula is C17H23N5O. The number of pyridine rings is 1. The molecule has 2 N–H and O–H groups in total. The van der Waals surface area contributed by atoms with E-state index in [-0.39, 0.29) is 0 Å². The SMILES string of the molecule is c1cc(-c2cc(C3CCCOC3)[nH]n2)nc(N2CCNCC2)c1. The van der Waals surface area contributed by atoms with Gasteiger partial charge in [-0.05, 0) is 31.0 Å². The fourth-order valence-corrected chi connectivity index (χ4v) is 3.30. The number of anilines is 1. The second-order valence-electron chi connectivity index (χ2n) is 6.24. The highest BCUT2D eigenvalue weighted by Crippen LogP contribution is 2.27. The molecule has 2 aliphatic rings. The van der Waals surface area contributed by atoms with Crippen LogP contribution < -0.4 is 10.2 Å². The maximum absolute atomic E-state index is 5.57. The van der Waals surface area contributed by atoms with E-state index in [1.54, 1.807) is 0 Å². The van der Waals surface area contributed by atoms with Crippen LogP contribution in [0.3, 0.4) is 0 Å². The Hall–Kier alpha value is -1.92. The van der Waals surface area contributed by atoms with Gasteiger partial charge in [-0.1, -0.05) is 6.07 Å². The van der Waals surface area contributed by atoms with E-state index in [4.69, 9.17) is 9.72 Å². The highest BCUT2D eigenvalue weighted by Gasteiger charge is 2.19. The number of H-pyrrole nitrogens is 1. The summed E-state index contributed by atoms with van der Waals surface area (Å²) in [5, 5.41) is 11.0. The van der Waals surface area contributed by atoms with Gasteiger partial charge in [0.2, 0.25) is 0 Å². The van der Waals surface area contributed by atoms with Gasteiger partial charge in [-0.25, -0.2) is 4.98 Å². The minimum Gasteiger partial charge on any atom is -0.381 e. The molecule has 0 spiro atoms.